The Balaban J connectivity index is 1.50. The number of carbonyl (C=O) groups is 2. The number of hydrogen-bond donors (Lipinski definition) is 3. The predicted molar refractivity (Wildman–Crippen MR) is 106 cm³/mol. The van der Waals surface area contributed by atoms with Crippen molar-refractivity contribution in [3.05, 3.63) is 58.6 Å². The lowest BCUT2D eigenvalue weighted by Gasteiger charge is -2.21. The molecule has 2 amide bonds. The molecule has 4 rings (SSSR count). The fourth-order valence-electron chi connectivity index (χ4n) is 3.49. The van der Waals surface area contributed by atoms with Crippen molar-refractivity contribution in [3.8, 4) is 0 Å². The maximum absolute atomic E-state index is 13.4. The summed E-state index contributed by atoms with van der Waals surface area (Å²) >= 11 is 5.80. The lowest BCUT2D eigenvalue weighted by molar-refractivity contribution is -0.149. The van der Waals surface area contributed by atoms with E-state index in [1.165, 1.54) is 23.2 Å². The molecule has 0 bridgehead atoms. The summed E-state index contributed by atoms with van der Waals surface area (Å²) in [6.45, 7) is 2.00. The van der Waals surface area contributed by atoms with E-state index in [2.05, 4.69) is 15.3 Å². The second-order valence-corrected chi connectivity index (χ2v) is 7.55. The third kappa shape index (κ3) is 3.56. The number of nitrogens with zero attached hydrogens (tertiary/aromatic N) is 2. The van der Waals surface area contributed by atoms with Gasteiger partial charge in [-0.25, -0.2) is 9.37 Å². The summed E-state index contributed by atoms with van der Waals surface area (Å²) in [5.74, 6) is -2.09. The second kappa shape index (κ2) is 7.13. The highest BCUT2D eigenvalue weighted by Crippen LogP contribution is 2.30. The van der Waals surface area contributed by atoms with E-state index in [9.17, 15) is 19.1 Å². The van der Waals surface area contributed by atoms with Crippen molar-refractivity contribution >= 4 is 40.1 Å². The number of pyridine rings is 1. The molecule has 1 aromatic carbocycles. The van der Waals surface area contributed by atoms with Crippen LogP contribution in [0.2, 0.25) is 5.02 Å². The van der Waals surface area contributed by atoms with E-state index >= 15 is 0 Å². The molecule has 1 aliphatic heterocycles. The number of aliphatic hydroxyl groups is 1. The lowest BCUT2D eigenvalue weighted by atomic mass is 10.0. The number of anilines is 1. The number of aromatic amines is 1. The fraction of sp³-hybridized carbons (Fsp3) is 0.250. The molecular formula is C20H18ClFN4O3. The predicted octanol–water partition coefficient (Wildman–Crippen LogP) is 2.45. The Labute approximate surface area is 170 Å². The first-order valence-electron chi connectivity index (χ1n) is 8.99. The van der Waals surface area contributed by atoms with Gasteiger partial charge in [0.15, 0.2) is 0 Å². The largest absolute Gasteiger partial charge is 0.372 e. The molecule has 1 aliphatic rings. The van der Waals surface area contributed by atoms with E-state index in [1.54, 1.807) is 6.07 Å². The third-order valence-corrected chi connectivity index (χ3v) is 5.17. The van der Waals surface area contributed by atoms with Crippen LogP contribution in [-0.2, 0) is 16.1 Å². The molecule has 2 aromatic heterocycles. The molecule has 1 fully saturated rings. The van der Waals surface area contributed by atoms with E-state index in [4.69, 9.17) is 11.6 Å². The fourth-order valence-corrected chi connectivity index (χ4v) is 3.74. The number of rotatable bonds is 4. The van der Waals surface area contributed by atoms with Crippen molar-refractivity contribution in [2.75, 3.05) is 11.4 Å². The quantitative estimate of drug-likeness (QED) is 0.569. The van der Waals surface area contributed by atoms with E-state index in [0.717, 1.165) is 17.1 Å². The number of H-pyrrole nitrogens is 1. The number of fused-ring (bicyclic) bond motifs is 1. The van der Waals surface area contributed by atoms with Crippen LogP contribution < -0.4 is 10.2 Å². The molecule has 0 unspecified atom stereocenters. The Kier molecular flexibility index (Phi) is 4.76. The van der Waals surface area contributed by atoms with Crippen LogP contribution in [-0.4, -0.2) is 39.0 Å². The van der Waals surface area contributed by atoms with Gasteiger partial charge in [-0.15, -0.1) is 0 Å². The van der Waals surface area contributed by atoms with Crippen LogP contribution in [0.25, 0.3) is 11.0 Å². The van der Waals surface area contributed by atoms with Crippen molar-refractivity contribution < 1.29 is 19.1 Å². The van der Waals surface area contributed by atoms with Crippen molar-refractivity contribution in [3.63, 3.8) is 0 Å². The van der Waals surface area contributed by atoms with E-state index in [1.807, 2.05) is 13.0 Å². The minimum Gasteiger partial charge on any atom is -0.372 e. The zero-order valence-corrected chi connectivity index (χ0v) is 16.3. The zero-order chi connectivity index (χ0) is 20.8. The van der Waals surface area contributed by atoms with Gasteiger partial charge in [-0.05, 0) is 42.8 Å². The molecule has 9 heteroatoms. The van der Waals surface area contributed by atoms with E-state index in [-0.39, 0.29) is 24.5 Å². The van der Waals surface area contributed by atoms with Crippen LogP contribution in [0.15, 0.2) is 36.5 Å². The maximum atomic E-state index is 13.4. The smallest absolute Gasteiger partial charge is 0.268 e. The molecule has 1 atom stereocenters. The van der Waals surface area contributed by atoms with Gasteiger partial charge in [0.05, 0.1) is 11.9 Å². The molecule has 3 aromatic rings. The van der Waals surface area contributed by atoms with Crippen LogP contribution in [0.3, 0.4) is 0 Å². The SMILES string of the molecule is Cc1cc2cc(N3CC[C@@](O)(C(=O)NCc4cc(F)cc(Cl)c4)C3=O)cnc2[nH]1. The number of halogens is 2. The molecule has 0 saturated carbocycles. The highest BCUT2D eigenvalue weighted by Gasteiger charge is 2.51. The highest BCUT2D eigenvalue weighted by atomic mass is 35.5. The first-order valence-corrected chi connectivity index (χ1v) is 9.37. The number of benzene rings is 1. The van der Waals surface area contributed by atoms with Crippen LogP contribution in [0.5, 0.6) is 0 Å². The Morgan fingerprint density at radius 3 is 2.93 bits per heavy atom. The standard InChI is InChI=1S/C20H18ClFN4O3/c1-11-4-13-7-16(10-23-17(13)25-11)26-3-2-20(29,19(26)28)18(27)24-9-12-5-14(21)8-15(22)6-12/h4-8,10,29H,2-3,9H2,1H3,(H,23,25)(H,24,27)/t20-/m1/s1. The van der Waals surface area contributed by atoms with Crippen molar-refractivity contribution in [1.29, 1.82) is 0 Å². The number of nitrogens with one attached hydrogen (secondary N) is 2. The summed E-state index contributed by atoms with van der Waals surface area (Å²) in [7, 11) is 0. The van der Waals surface area contributed by atoms with Gasteiger partial charge in [-0.3, -0.25) is 9.59 Å². The average molecular weight is 417 g/mol. The monoisotopic (exact) mass is 416 g/mol. The molecule has 1 saturated heterocycles. The molecule has 150 valence electrons. The Bertz CT molecular complexity index is 1110. The summed E-state index contributed by atoms with van der Waals surface area (Å²) in [4.78, 5) is 34.1. The van der Waals surface area contributed by atoms with Gasteiger partial charge in [-0.1, -0.05) is 11.6 Å². The molecule has 0 radical (unpaired) electrons. The van der Waals surface area contributed by atoms with Gasteiger partial charge < -0.3 is 20.3 Å². The van der Waals surface area contributed by atoms with Gasteiger partial charge in [0, 0.05) is 35.6 Å². The van der Waals surface area contributed by atoms with Crippen LogP contribution >= 0.6 is 11.6 Å². The van der Waals surface area contributed by atoms with Crippen LogP contribution in [0.4, 0.5) is 10.1 Å². The average Bonchev–Trinajstić information content (AvgIpc) is 3.18. The number of hydrogen-bond acceptors (Lipinski definition) is 4. The zero-order valence-electron chi connectivity index (χ0n) is 15.5. The Morgan fingerprint density at radius 2 is 2.17 bits per heavy atom. The first kappa shape index (κ1) is 19.4. The van der Waals surface area contributed by atoms with E-state index < -0.39 is 23.2 Å². The van der Waals surface area contributed by atoms with Crippen molar-refractivity contribution in [2.24, 2.45) is 0 Å². The van der Waals surface area contributed by atoms with Gasteiger partial charge in [0.1, 0.15) is 11.5 Å². The van der Waals surface area contributed by atoms with E-state index in [0.29, 0.717) is 16.9 Å². The Morgan fingerprint density at radius 1 is 1.38 bits per heavy atom. The molecule has 3 N–H and O–H groups in total. The summed E-state index contributed by atoms with van der Waals surface area (Å²) in [6, 6.07) is 7.55. The lowest BCUT2D eigenvalue weighted by Crippen LogP contribution is -2.52. The highest BCUT2D eigenvalue weighted by molar-refractivity contribution is 6.30. The molecule has 0 aliphatic carbocycles. The summed E-state index contributed by atoms with van der Waals surface area (Å²) < 4.78 is 13.4. The number of carbonyl (C=O) groups excluding carboxylic acids is 2. The van der Waals surface area contributed by atoms with Gasteiger partial charge in [-0.2, -0.15) is 0 Å². The van der Waals surface area contributed by atoms with Crippen LogP contribution in [0, 0.1) is 12.7 Å². The first-order chi connectivity index (χ1) is 13.8. The maximum Gasteiger partial charge on any atom is 0.268 e. The second-order valence-electron chi connectivity index (χ2n) is 7.11. The molecule has 0 spiro atoms. The Hall–Kier alpha value is -2.97. The van der Waals surface area contributed by atoms with Crippen molar-refractivity contribution in [2.45, 2.75) is 25.5 Å². The molecular weight excluding hydrogens is 399 g/mol. The number of aromatic nitrogens is 2. The van der Waals surface area contributed by atoms with Crippen LogP contribution in [0.1, 0.15) is 17.7 Å². The summed E-state index contributed by atoms with van der Waals surface area (Å²) in [5, 5.41) is 14.2. The molecule has 3 heterocycles. The van der Waals surface area contributed by atoms with Gasteiger partial charge >= 0.3 is 0 Å². The topological polar surface area (TPSA) is 98.3 Å². The van der Waals surface area contributed by atoms with Gasteiger partial charge in [0.25, 0.3) is 11.8 Å². The third-order valence-electron chi connectivity index (χ3n) is 4.95. The summed E-state index contributed by atoms with van der Waals surface area (Å²) in [5.41, 5.74) is 0.361. The number of aryl methyl sites for hydroxylation is 1. The normalized spacial score (nSPS) is 19.2. The molecule has 7 nitrogen and oxygen atoms in total. The summed E-state index contributed by atoms with van der Waals surface area (Å²) in [6.07, 6.45) is 1.46. The molecule has 29 heavy (non-hydrogen) atoms. The minimum absolute atomic E-state index is 0.0637. The minimum atomic E-state index is -2.19. The number of amides is 2. The van der Waals surface area contributed by atoms with Crippen molar-refractivity contribution in [1.82, 2.24) is 15.3 Å². The van der Waals surface area contributed by atoms with Gasteiger partial charge in [0.2, 0.25) is 5.60 Å².